The molecule has 0 radical (unpaired) electrons. The van der Waals surface area contributed by atoms with Crippen molar-refractivity contribution in [3.8, 4) is 5.75 Å². The number of halogens is 1. The number of ether oxygens (including phenoxy) is 1. The Morgan fingerprint density at radius 1 is 1.03 bits per heavy atom. The number of aliphatic carboxylic acids is 1. The minimum atomic E-state index is -0.937. The molecule has 0 saturated heterocycles. The van der Waals surface area contributed by atoms with Crippen LogP contribution in [0.2, 0.25) is 0 Å². The number of fused-ring (bicyclic) bond motifs is 1. The summed E-state index contributed by atoms with van der Waals surface area (Å²) in [7, 11) is 0. The summed E-state index contributed by atoms with van der Waals surface area (Å²) >= 11 is 0. The Balaban J connectivity index is 1.43. The van der Waals surface area contributed by atoms with Crippen molar-refractivity contribution in [3.63, 3.8) is 0 Å². The van der Waals surface area contributed by atoms with E-state index >= 15 is 0 Å². The summed E-state index contributed by atoms with van der Waals surface area (Å²) in [4.78, 5) is 13.1. The first-order valence-corrected chi connectivity index (χ1v) is 10.6. The second-order valence-electron chi connectivity index (χ2n) is 7.91. The number of carbonyl (C=O) groups is 1. The van der Waals surface area contributed by atoms with Gasteiger partial charge in [0.2, 0.25) is 0 Å². The molecular formula is C26H26FNO3. The lowest BCUT2D eigenvalue weighted by atomic mass is 9.99. The highest BCUT2D eigenvalue weighted by molar-refractivity contribution is 5.67. The third-order valence-corrected chi connectivity index (χ3v) is 5.62. The summed E-state index contributed by atoms with van der Waals surface area (Å²) in [6, 6.07) is 21.5. The van der Waals surface area contributed by atoms with E-state index in [1.807, 2.05) is 6.07 Å². The van der Waals surface area contributed by atoms with Crippen LogP contribution in [0.1, 0.15) is 35.1 Å². The van der Waals surface area contributed by atoms with E-state index in [4.69, 9.17) is 9.84 Å². The largest absolute Gasteiger partial charge is 0.489 e. The normalized spacial score (nSPS) is 13.0. The van der Waals surface area contributed by atoms with Gasteiger partial charge in [0.25, 0.3) is 0 Å². The van der Waals surface area contributed by atoms with Gasteiger partial charge in [-0.25, -0.2) is 4.39 Å². The zero-order chi connectivity index (χ0) is 21.6. The van der Waals surface area contributed by atoms with E-state index in [0.717, 1.165) is 31.5 Å². The Morgan fingerprint density at radius 3 is 2.65 bits per heavy atom. The molecule has 160 valence electrons. The molecule has 3 aromatic carbocycles. The van der Waals surface area contributed by atoms with Gasteiger partial charge in [-0.15, -0.1) is 0 Å². The van der Waals surface area contributed by atoms with Crippen LogP contribution in [0.15, 0.2) is 66.7 Å². The number of anilines is 1. The molecule has 5 heteroatoms. The van der Waals surface area contributed by atoms with E-state index in [2.05, 4.69) is 47.4 Å². The number of benzene rings is 3. The Labute approximate surface area is 181 Å². The molecule has 0 aromatic heterocycles. The number of aryl methyl sites for hydroxylation is 2. The van der Waals surface area contributed by atoms with Crippen molar-refractivity contribution in [3.05, 3.63) is 94.8 Å². The van der Waals surface area contributed by atoms with Crippen LogP contribution in [-0.4, -0.2) is 17.6 Å². The average molecular weight is 419 g/mol. The summed E-state index contributed by atoms with van der Waals surface area (Å²) in [6.45, 7) is 2.25. The molecule has 1 N–H and O–H groups in total. The number of hydrogen-bond donors (Lipinski definition) is 1. The molecule has 1 aliphatic rings. The monoisotopic (exact) mass is 419 g/mol. The first-order chi connectivity index (χ1) is 15.1. The van der Waals surface area contributed by atoms with Crippen LogP contribution in [-0.2, 0) is 30.8 Å². The van der Waals surface area contributed by atoms with Crippen LogP contribution in [0.3, 0.4) is 0 Å². The van der Waals surface area contributed by atoms with Crippen molar-refractivity contribution in [1.82, 2.24) is 0 Å². The highest BCUT2D eigenvalue weighted by atomic mass is 19.1. The topological polar surface area (TPSA) is 49.8 Å². The predicted octanol–water partition coefficient (Wildman–Crippen LogP) is 5.37. The fourth-order valence-corrected chi connectivity index (χ4v) is 3.98. The highest BCUT2D eigenvalue weighted by Gasteiger charge is 2.17. The first kappa shape index (κ1) is 20.9. The third-order valence-electron chi connectivity index (χ3n) is 5.62. The Bertz CT molecular complexity index is 1050. The summed E-state index contributed by atoms with van der Waals surface area (Å²) in [5.74, 6) is -0.929. The molecule has 0 fully saturated rings. The van der Waals surface area contributed by atoms with Gasteiger partial charge in [-0.3, -0.25) is 4.79 Å². The van der Waals surface area contributed by atoms with Crippen LogP contribution in [0.25, 0.3) is 0 Å². The number of carboxylic acids is 1. The van der Waals surface area contributed by atoms with Gasteiger partial charge in [-0.05, 0) is 53.6 Å². The van der Waals surface area contributed by atoms with Crippen LogP contribution >= 0.6 is 0 Å². The second-order valence-corrected chi connectivity index (χ2v) is 7.91. The van der Waals surface area contributed by atoms with Crippen LogP contribution in [0.5, 0.6) is 5.75 Å². The Kier molecular flexibility index (Phi) is 6.51. The van der Waals surface area contributed by atoms with Crippen molar-refractivity contribution in [2.24, 2.45) is 0 Å². The van der Waals surface area contributed by atoms with Gasteiger partial charge in [0.15, 0.2) is 0 Å². The van der Waals surface area contributed by atoms with Crippen LogP contribution in [0, 0.1) is 5.82 Å². The van der Waals surface area contributed by atoms with Crippen molar-refractivity contribution in [2.45, 2.75) is 38.8 Å². The molecule has 0 spiro atoms. The van der Waals surface area contributed by atoms with E-state index in [-0.39, 0.29) is 12.8 Å². The molecular weight excluding hydrogens is 393 g/mol. The maximum atomic E-state index is 14.2. The molecule has 0 saturated carbocycles. The van der Waals surface area contributed by atoms with E-state index in [1.54, 1.807) is 12.1 Å². The molecule has 3 aromatic rings. The SMILES string of the molecule is O=C(O)CCc1ccc(OCc2ccc3c(c2)N(Cc2ccccc2)CCC3)cc1F. The molecule has 31 heavy (non-hydrogen) atoms. The predicted molar refractivity (Wildman–Crippen MR) is 119 cm³/mol. The highest BCUT2D eigenvalue weighted by Crippen LogP contribution is 2.30. The van der Waals surface area contributed by atoms with E-state index in [0.29, 0.717) is 17.9 Å². The van der Waals surface area contributed by atoms with E-state index < -0.39 is 11.8 Å². The van der Waals surface area contributed by atoms with Gasteiger partial charge in [-0.2, -0.15) is 0 Å². The quantitative estimate of drug-likeness (QED) is 0.533. The summed E-state index contributed by atoms with van der Waals surface area (Å²) in [5, 5.41) is 8.77. The number of rotatable bonds is 8. The Morgan fingerprint density at radius 2 is 1.87 bits per heavy atom. The van der Waals surface area contributed by atoms with Crippen LogP contribution < -0.4 is 9.64 Å². The molecule has 1 heterocycles. The molecule has 1 aliphatic heterocycles. The third kappa shape index (κ3) is 5.43. The van der Waals surface area contributed by atoms with Crippen molar-refractivity contribution in [1.29, 1.82) is 0 Å². The number of carboxylic acid groups (broad SMARTS) is 1. The zero-order valence-corrected chi connectivity index (χ0v) is 17.4. The lowest BCUT2D eigenvalue weighted by Crippen LogP contribution is -2.29. The smallest absolute Gasteiger partial charge is 0.303 e. The van der Waals surface area contributed by atoms with Gasteiger partial charge < -0.3 is 14.7 Å². The molecule has 0 aliphatic carbocycles. The first-order valence-electron chi connectivity index (χ1n) is 10.6. The molecule has 0 unspecified atom stereocenters. The minimum absolute atomic E-state index is 0.0915. The average Bonchev–Trinajstić information content (AvgIpc) is 2.78. The van der Waals surface area contributed by atoms with E-state index in [9.17, 15) is 9.18 Å². The molecule has 4 nitrogen and oxygen atoms in total. The van der Waals surface area contributed by atoms with Gasteiger partial charge in [0.1, 0.15) is 18.2 Å². The van der Waals surface area contributed by atoms with Gasteiger partial charge in [0, 0.05) is 31.3 Å². The van der Waals surface area contributed by atoms with Crippen molar-refractivity contribution in [2.75, 3.05) is 11.4 Å². The standard InChI is InChI=1S/C26H26FNO3/c27-24-16-23(12-10-21(24)11-13-26(29)30)31-18-20-8-9-22-7-4-14-28(25(22)15-20)17-19-5-2-1-3-6-19/h1-3,5-6,8-10,12,15-16H,4,7,11,13-14,17-18H2,(H,29,30). The fraction of sp³-hybridized carbons (Fsp3) is 0.269. The minimum Gasteiger partial charge on any atom is -0.489 e. The molecule has 4 rings (SSSR count). The van der Waals surface area contributed by atoms with Crippen LogP contribution in [0.4, 0.5) is 10.1 Å². The number of nitrogens with zero attached hydrogens (tertiary/aromatic N) is 1. The Hall–Kier alpha value is -3.34. The van der Waals surface area contributed by atoms with E-state index in [1.165, 1.54) is 22.9 Å². The maximum Gasteiger partial charge on any atom is 0.303 e. The van der Waals surface area contributed by atoms with Gasteiger partial charge in [0.05, 0.1) is 0 Å². The van der Waals surface area contributed by atoms with Crippen molar-refractivity contribution >= 4 is 11.7 Å². The lowest BCUT2D eigenvalue weighted by molar-refractivity contribution is -0.136. The summed E-state index contributed by atoms with van der Waals surface area (Å²) in [6.07, 6.45) is 2.29. The van der Waals surface area contributed by atoms with Gasteiger partial charge >= 0.3 is 5.97 Å². The van der Waals surface area contributed by atoms with Crippen molar-refractivity contribution < 1.29 is 19.0 Å². The summed E-state index contributed by atoms with van der Waals surface area (Å²) < 4.78 is 20.1. The number of hydrogen-bond acceptors (Lipinski definition) is 3. The summed E-state index contributed by atoms with van der Waals surface area (Å²) in [5.41, 5.74) is 5.30. The zero-order valence-electron chi connectivity index (χ0n) is 17.4. The second kappa shape index (κ2) is 9.65. The fourth-order valence-electron chi connectivity index (χ4n) is 3.98. The molecule has 0 atom stereocenters. The maximum absolute atomic E-state index is 14.2. The lowest BCUT2D eigenvalue weighted by Gasteiger charge is -2.32. The molecule has 0 bridgehead atoms. The van der Waals surface area contributed by atoms with Gasteiger partial charge in [-0.1, -0.05) is 48.5 Å². The molecule has 0 amide bonds.